The second kappa shape index (κ2) is 6.48. The lowest BCUT2D eigenvalue weighted by molar-refractivity contribution is -0.0403. The van der Waals surface area contributed by atoms with Gasteiger partial charge in [-0.25, -0.2) is 0 Å². The fourth-order valence-electron chi connectivity index (χ4n) is 2.50. The number of ether oxygens (including phenoxy) is 1. The summed E-state index contributed by atoms with van der Waals surface area (Å²) in [6.45, 7) is 9.00. The molecule has 1 aliphatic rings. The van der Waals surface area contributed by atoms with Gasteiger partial charge in [0.2, 0.25) is 11.7 Å². The first-order chi connectivity index (χ1) is 9.18. The Labute approximate surface area is 115 Å². The van der Waals surface area contributed by atoms with E-state index in [1.165, 1.54) is 6.42 Å². The average Bonchev–Trinajstić information content (AvgIpc) is 3.08. The summed E-state index contributed by atoms with van der Waals surface area (Å²) in [5.74, 6) is 2.16. The van der Waals surface area contributed by atoms with E-state index in [0.29, 0.717) is 12.4 Å². The molecule has 0 spiro atoms. The summed E-state index contributed by atoms with van der Waals surface area (Å²) in [6.07, 6.45) is 4.08. The van der Waals surface area contributed by atoms with Gasteiger partial charge in [0.15, 0.2) is 0 Å². The lowest BCUT2D eigenvalue weighted by atomic mass is 10.0. The van der Waals surface area contributed by atoms with Crippen LogP contribution in [0.4, 0.5) is 0 Å². The van der Waals surface area contributed by atoms with Crippen LogP contribution in [0, 0.1) is 5.92 Å². The average molecular weight is 267 g/mol. The molecular formula is C14H25N3O2. The van der Waals surface area contributed by atoms with Gasteiger partial charge in [-0.05, 0) is 52.1 Å². The first kappa shape index (κ1) is 14.5. The topological polar surface area (TPSA) is 60.2 Å². The lowest BCUT2D eigenvalue weighted by Gasteiger charge is -2.23. The van der Waals surface area contributed by atoms with E-state index < -0.39 is 5.60 Å². The molecule has 1 aromatic heterocycles. The van der Waals surface area contributed by atoms with Gasteiger partial charge in [-0.3, -0.25) is 0 Å². The van der Waals surface area contributed by atoms with Crippen molar-refractivity contribution in [2.75, 3.05) is 19.7 Å². The summed E-state index contributed by atoms with van der Waals surface area (Å²) in [7, 11) is 0. The van der Waals surface area contributed by atoms with Gasteiger partial charge in [0.1, 0.15) is 5.60 Å². The molecule has 5 heteroatoms. The highest BCUT2D eigenvalue weighted by atomic mass is 16.5. The summed E-state index contributed by atoms with van der Waals surface area (Å²) in [5, 5.41) is 7.47. The van der Waals surface area contributed by atoms with E-state index in [0.717, 1.165) is 44.2 Å². The maximum Gasteiger partial charge on any atom is 0.226 e. The molecule has 5 nitrogen and oxygen atoms in total. The van der Waals surface area contributed by atoms with Gasteiger partial charge in [-0.1, -0.05) is 12.1 Å². The van der Waals surface area contributed by atoms with Crippen molar-refractivity contribution in [2.45, 2.75) is 52.1 Å². The third kappa shape index (κ3) is 3.54. The maximum atomic E-state index is 5.76. The van der Waals surface area contributed by atoms with E-state index in [1.807, 2.05) is 13.8 Å². The van der Waals surface area contributed by atoms with E-state index in [-0.39, 0.29) is 0 Å². The molecule has 2 unspecified atom stereocenters. The number of rotatable bonds is 7. The van der Waals surface area contributed by atoms with Crippen molar-refractivity contribution in [3.05, 3.63) is 11.7 Å². The van der Waals surface area contributed by atoms with Crippen molar-refractivity contribution >= 4 is 0 Å². The smallest absolute Gasteiger partial charge is 0.226 e. The van der Waals surface area contributed by atoms with Crippen molar-refractivity contribution in [3.8, 4) is 0 Å². The summed E-state index contributed by atoms with van der Waals surface area (Å²) in [5.41, 5.74) is -0.425. The Morgan fingerprint density at radius 3 is 2.95 bits per heavy atom. The highest BCUT2D eigenvalue weighted by molar-refractivity contribution is 4.99. The number of nitrogens with one attached hydrogen (secondary N) is 1. The van der Waals surface area contributed by atoms with Crippen molar-refractivity contribution in [1.82, 2.24) is 15.5 Å². The highest BCUT2D eigenvalue weighted by Crippen LogP contribution is 2.26. The van der Waals surface area contributed by atoms with Gasteiger partial charge in [0, 0.05) is 13.0 Å². The number of nitrogens with zero attached hydrogens (tertiary/aromatic N) is 2. The van der Waals surface area contributed by atoms with Crippen LogP contribution in [-0.4, -0.2) is 29.8 Å². The molecule has 1 aliphatic heterocycles. The van der Waals surface area contributed by atoms with Crippen LogP contribution >= 0.6 is 0 Å². The number of aromatic nitrogens is 2. The standard InChI is InChI=1S/C14H25N3O2/c1-4-14(3,18-5-2)13-16-12(19-17-13)7-6-11-8-9-15-10-11/h11,15H,4-10H2,1-3H3. The third-order valence-electron chi connectivity index (χ3n) is 4.01. The van der Waals surface area contributed by atoms with Gasteiger partial charge >= 0.3 is 0 Å². The minimum absolute atomic E-state index is 0.425. The van der Waals surface area contributed by atoms with Gasteiger partial charge < -0.3 is 14.6 Å². The molecule has 2 rings (SSSR count). The largest absolute Gasteiger partial charge is 0.367 e. The minimum atomic E-state index is -0.425. The quantitative estimate of drug-likeness (QED) is 0.821. The predicted molar refractivity (Wildman–Crippen MR) is 72.9 cm³/mol. The Morgan fingerprint density at radius 1 is 1.47 bits per heavy atom. The molecule has 0 bridgehead atoms. The van der Waals surface area contributed by atoms with Gasteiger partial charge in [0.25, 0.3) is 0 Å². The molecule has 0 aromatic carbocycles. The summed E-state index contributed by atoms with van der Waals surface area (Å²) >= 11 is 0. The Kier molecular flexibility index (Phi) is 4.93. The first-order valence-corrected chi connectivity index (χ1v) is 7.35. The van der Waals surface area contributed by atoms with Crippen LogP contribution in [0.3, 0.4) is 0 Å². The number of hydrogen-bond acceptors (Lipinski definition) is 5. The molecule has 2 heterocycles. The van der Waals surface area contributed by atoms with Crippen LogP contribution in [0.25, 0.3) is 0 Å². The van der Waals surface area contributed by atoms with E-state index in [4.69, 9.17) is 9.26 Å². The predicted octanol–water partition coefficient (Wildman–Crippen LogP) is 2.27. The zero-order valence-corrected chi connectivity index (χ0v) is 12.2. The lowest BCUT2D eigenvalue weighted by Crippen LogP contribution is -2.26. The fraction of sp³-hybridized carbons (Fsp3) is 0.857. The Hall–Kier alpha value is -0.940. The summed E-state index contributed by atoms with van der Waals surface area (Å²) in [4.78, 5) is 4.51. The normalized spacial score (nSPS) is 22.6. The van der Waals surface area contributed by atoms with Crippen molar-refractivity contribution in [1.29, 1.82) is 0 Å². The van der Waals surface area contributed by atoms with Crippen LogP contribution < -0.4 is 5.32 Å². The van der Waals surface area contributed by atoms with Gasteiger partial charge in [-0.15, -0.1) is 0 Å². The summed E-state index contributed by atoms with van der Waals surface area (Å²) in [6, 6.07) is 0. The van der Waals surface area contributed by atoms with Crippen LogP contribution in [0.1, 0.15) is 51.7 Å². The van der Waals surface area contributed by atoms with Crippen LogP contribution in [0.2, 0.25) is 0 Å². The monoisotopic (exact) mass is 267 g/mol. The second-order valence-corrected chi connectivity index (χ2v) is 5.43. The number of hydrogen-bond donors (Lipinski definition) is 1. The van der Waals surface area contributed by atoms with Crippen LogP contribution in [0.5, 0.6) is 0 Å². The minimum Gasteiger partial charge on any atom is -0.367 e. The maximum absolute atomic E-state index is 5.76. The SMILES string of the molecule is CCOC(C)(CC)c1noc(CCC2CCNC2)n1. The molecule has 2 atom stereocenters. The molecule has 0 radical (unpaired) electrons. The van der Waals surface area contributed by atoms with E-state index in [1.54, 1.807) is 0 Å². The molecule has 1 saturated heterocycles. The molecule has 108 valence electrons. The molecule has 1 N–H and O–H groups in total. The molecule has 0 saturated carbocycles. The van der Waals surface area contributed by atoms with Crippen molar-refractivity contribution < 1.29 is 9.26 Å². The van der Waals surface area contributed by atoms with Crippen LogP contribution in [-0.2, 0) is 16.8 Å². The Bertz CT molecular complexity index is 388. The molecular weight excluding hydrogens is 242 g/mol. The first-order valence-electron chi connectivity index (χ1n) is 7.35. The van der Waals surface area contributed by atoms with Crippen LogP contribution in [0.15, 0.2) is 4.52 Å². The summed E-state index contributed by atoms with van der Waals surface area (Å²) < 4.78 is 11.1. The van der Waals surface area contributed by atoms with Gasteiger partial charge in [-0.2, -0.15) is 4.98 Å². The Morgan fingerprint density at radius 2 is 2.32 bits per heavy atom. The van der Waals surface area contributed by atoms with Gasteiger partial charge in [0.05, 0.1) is 0 Å². The zero-order chi connectivity index (χ0) is 13.7. The molecule has 1 fully saturated rings. The van der Waals surface area contributed by atoms with E-state index in [9.17, 15) is 0 Å². The molecule has 1 aromatic rings. The molecule has 0 amide bonds. The second-order valence-electron chi connectivity index (χ2n) is 5.43. The third-order valence-corrected chi connectivity index (χ3v) is 4.01. The van der Waals surface area contributed by atoms with Crippen molar-refractivity contribution in [2.24, 2.45) is 5.92 Å². The van der Waals surface area contributed by atoms with Crippen molar-refractivity contribution in [3.63, 3.8) is 0 Å². The number of aryl methyl sites for hydroxylation is 1. The van der Waals surface area contributed by atoms with E-state index >= 15 is 0 Å². The zero-order valence-electron chi connectivity index (χ0n) is 12.2. The Balaban J connectivity index is 1.93. The molecule has 19 heavy (non-hydrogen) atoms. The van der Waals surface area contributed by atoms with E-state index in [2.05, 4.69) is 22.4 Å². The fourth-order valence-corrected chi connectivity index (χ4v) is 2.50. The highest BCUT2D eigenvalue weighted by Gasteiger charge is 2.30. The molecule has 0 aliphatic carbocycles.